The molecule has 0 bridgehead atoms. The maximum absolute atomic E-state index is 12.5. The lowest BCUT2D eigenvalue weighted by Gasteiger charge is -2.25. The molecular formula is C34H38N8O3. The largest absolute Gasteiger partial charge is 0.489 e. The van der Waals surface area contributed by atoms with Crippen molar-refractivity contribution in [1.82, 2.24) is 29.7 Å². The molecule has 2 aromatic heterocycles. The summed E-state index contributed by atoms with van der Waals surface area (Å²) < 4.78 is 14.4. The molecule has 1 aliphatic rings. The van der Waals surface area contributed by atoms with Crippen molar-refractivity contribution in [2.24, 2.45) is 7.05 Å². The van der Waals surface area contributed by atoms with Crippen LogP contribution in [-0.2, 0) is 11.8 Å². The van der Waals surface area contributed by atoms with E-state index >= 15 is 0 Å². The summed E-state index contributed by atoms with van der Waals surface area (Å²) in [5.74, 6) is 2.79. The molecule has 1 aliphatic heterocycles. The van der Waals surface area contributed by atoms with Gasteiger partial charge in [-0.25, -0.2) is 15.0 Å². The summed E-state index contributed by atoms with van der Waals surface area (Å²) in [6, 6.07) is 15.7. The molecule has 1 unspecified atom stereocenters. The number of nitrogens with one attached hydrogen (secondary N) is 2. The Labute approximate surface area is 262 Å². The van der Waals surface area contributed by atoms with Crippen LogP contribution in [0.3, 0.4) is 0 Å². The van der Waals surface area contributed by atoms with Crippen LogP contribution in [0, 0.1) is 6.92 Å². The molecular weight excluding hydrogens is 568 g/mol. The van der Waals surface area contributed by atoms with Crippen LogP contribution in [0.2, 0.25) is 0 Å². The number of hydrogen-bond acceptors (Lipinski definition) is 9. The average Bonchev–Trinajstić information content (AvgIpc) is 3.29. The van der Waals surface area contributed by atoms with Crippen LogP contribution in [-0.4, -0.2) is 76.7 Å². The number of anilines is 3. The number of carbonyl (C=O) groups is 1. The fourth-order valence-electron chi connectivity index (χ4n) is 5.43. The quantitative estimate of drug-likeness (QED) is 0.219. The number of carbonyl (C=O) groups excluding carboxylic acids is 1. The molecule has 5 aromatic rings. The summed E-state index contributed by atoms with van der Waals surface area (Å²) >= 11 is 0. The molecule has 0 saturated carbocycles. The predicted molar refractivity (Wildman–Crippen MR) is 178 cm³/mol. The Bertz CT molecular complexity index is 1880. The zero-order valence-electron chi connectivity index (χ0n) is 26.2. The second kappa shape index (κ2) is 12.8. The summed E-state index contributed by atoms with van der Waals surface area (Å²) in [6.45, 7) is 6.54. The normalized spacial score (nSPS) is 14.9. The molecule has 0 radical (unpaired) electrons. The van der Waals surface area contributed by atoms with Crippen molar-refractivity contribution in [2.75, 3.05) is 50.6 Å². The number of aryl methyl sites for hydroxylation is 2. The molecule has 11 heteroatoms. The maximum atomic E-state index is 12.5. The highest BCUT2D eigenvalue weighted by molar-refractivity contribution is 5.95. The first-order valence-corrected chi connectivity index (χ1v) is 15.0. The fraction of sp³-hybridized carbons (Fsp3) is 0.294. The van der Waals surface area contributed by atoms with Crippen molar-refractivity contribution in [3.8, 4) is 17.2 Å². The highest BCUT2D eigenvalue weighted by Gasteiger charge is 2.24. The van der Waals surface area contributed by atoms with Gasteiger partial charge in [0.25, 0.3) is 0 Å². The van der Waals surface area contributed by atoms with Gasteiger partial charge < -0.3 is 34.5 Å². The number of benzene rings is 3. The van der Waals surface area contributed by atoms with Crippen LogP contribution in [0.15, 0.2) is 73.3 Å². The van der Waals surface area contributed by atoms with Gasteiger partial charge in [-0.2, -0.15) is 0 Å². The van der Waals surface area contributed by atoms with Crippen LogP contribution in [0.4, 0.5) is 17.2 Å². The van der Waals surface area contributed by atoms with Crippen LogP contribution in [0.25, 0.3) is 21.9 Å². The molecule has 1 atom stereocenters. The first kappa shape index (κ1) is 29.9. The van der Waals surface area contributed by atoms with Gasteiger partial charge in [0.2, 0.25) is 5.91 Å². The van der Waals surface area contributed by atoms with Crippen molar-refractivity contribution in [2.45, 2.75) is 19.9 Å². The predicted octanol–water partition coefficient (Wildman–Crippen LogP) is 5.18. The summed E-state index contributed by atoms with van der Waals surface area (Å²) in [7, 11) is 5.90. The summed E-state index contributed by atoms with van der Waals surface area (Å²) in [4.78, 5) is 30.3. The molecule has 11 nitrogen and oxygen atoms in total. The third-order valence-electron chi connectivity index (χ3n) is 7.77. The van der Waals surface area contributed by atoms with Crippen molar-refractivity contribution in [3.63, 3.8) is 0 Å². The molecule has 232 valence electrons. The van der Waals surface area contributed by atoms with Gasteiger partial charge in [0.1, 0.15) is 36.0 Å². The first-order chi connectivity index (χ1) is 21.8. The Morgan fingerprint density at radius 1 is 1.11 bits per heavy atom. The van der Waals surface area contributed by atoms with Crippen LogP contribution in [0.1, 0.15) is 12.5 Å². The van der Waals surface area contributed by atoms with E-state index in [-0.39, 0.29) is 11.9 Å². The van der Waals surface area contributed by atoms with E-state index in [2.05, 4.69) is 43.5 Å². The monoisotopic (exact) mass is 606 g/mol. The molecule has 0 spiro atoms. The highest BCUT2D eigenvalue weighted by Crippen LogP contribution is 2.37. The lowest BCUT2D eigenvalue weighted by atomic mass is 10.1. The summed E-state index contributed by atoms with van der Waals surface area (Å²) in [5.41, 5.74) is 5.49. The topological polar surface area (TPSA) is 110 Å². The lowest BCUT2D eigenvalue weighted by molar-refractivity contribution is -0.117. The van der Waals surface area contributed by atoms with Gasteiger partial charge in [-0.05, 0) is 69.9 Å². The molecule has 0 aliphatic carbocycles. The van der Waals surface area contributed by atoms with Gasteiger partial charge in [-0.1, -0.05) is 6.08 Å². The van der Waals surface area contributed by atoms with E-state index in [9.17, 15) is 4.79 Å². The van der Waals surface area contributed by atoms with E-state index in [1.54, 1.807) is 18.7 Å². The van der Waals surface area contributed by atoms with Crippen molar-refractivity contribution in [1.29, 1.82) is 0 Å². The van der Waals surface area contributed by atoms with Crippen LogP contribution >= 0.6 is 0 Å². The Morgan fingerprint density at radius 2 is 1.98 bits per heavy atom. The zero-order valence-corrected chi connectivity index (χ0v) is 26.2. The van der Waals surface area contributed by atoms with Crippen LogP contribution in [0.5, 0.6) is 17.2 Å². The van der Waals surface area contributed by atoms with Gasteiger partial charge >= 0.3 is 0 Å². The van der Waals surface area contributed by atoms with Crippen LogP contribution < -0.4 is 25.0 Å². The number of likely N-dealkylation sites (N-methyl/N-ethyl adjacent to an activating group) is 2. The molecule has 0 saturated heterocycles. The Kier molecular flexibility index (Phi) is 8.52. The third kappa shape index (κ3) is 6.68. The number of ether oxygens (including phenoxy) is 2. The molecule has 2 N–H and O–H groups in total. The average molecular weight is 607 g/mol. The Morgan fingerprint density at radius 3 is 2.78 bits per heavy atom. The third-order valence-corrected chi connectivity index (χ3v) is 7.77. The maximum Gasteiger partial charge on any atom is 0.244 e. The van der Waals surface area contributed by atoms with E-state index < -0.39 is 0 Å². The molecule has 3 heterocycles. The number of fused-ring (bicyclic) bond motifs is 3. The molecule has 0 fully saturated rings. The van der Waals surface area contributed by atoms with Gasteiger partial charge in [0, 0.05) is 56.0 Å². The van der Waals surface area contributed by atoms with Crippen molar-refractivity contribution >= 4 is 45.0 Å². The minimum Gasteiger partial charge on any atom is -0.489 e. The minimum absolute atomic E-state index is 0.129. The standard InChI is InChI=1S/C34H38N8O3/c1-6-42-18-24(38-33(43)8-7-13-40(3)4)19-44-32-17-27-26(16-30(32)42)34(36-20-35-27)39-23-9-12-31(22(2)14-23)45-25-10-11-29-28(15-25)37-21-41(29)5/h7-12,14-17,20-21,24H,6,13,18-19H2,1-5H3,(H,38,43)(H,35,36,39)/b8-7+. The van der Waals surface area contributed by atoms with Gasteiger partial charge in [0.15, 0.2) is 0 Å². The number of hydrogen-bond donors (Lipinski definition) is 2. The highest BCUT2D eigenvalue weighted by atomic mass is 16.5. The van der Waals surface area contributed by atoms with Gasteiger partial charge in [-0.3, -0.25) is 4.79 Å². The van der Waals surface area contributed by atoms with E-state index in [0.717, 1.165) is 62.7 Å². The Balaban J connectivity index is 1.20. The molecule has 45 heavy (non-hydrogen) atoms. The number of aromatic nitrogens is 4. The van der Waals surface area contributed by atoms with E-state index in [1.165, 1.54) is 0 Å². The fourth-order valence-corrected chi connectivity index (χ4v) is 5.43. The second-order valence-corrected chi connectivity index (χ2v) is 11.5. The van der Waals surface area contributed by atoms with E-state index in [1.807, 2.05) is 86.1 Å². The number of amides is 1. The second-order valence-electron chi connectivity index (χ2n) is 11.5. The molecule has 6 rings (SSSR count). The zero-order chi connectivity index (χ0) is 31.5. The molecule has 1 amide bonds. The number of nitrogens with zero attached hydrogens (tertiary/aromatic N) is 6. The van der Waals surface area contributed by atoms with Gasteiger partial charge in [0.05, 0.1) is 34.6 Å². The van der Waals surface area contributed by atoms with Gasteiger partial charge in [-0.15, -0.1) is 0 Å². The Hall–Kier alpha value is -5.16. The van der Waals surface area contributed by atoms with E-state index in [0.29, 0.717) is 25.5 Å². The summed E-state index contributed by atoms with van der Waals surface area (Å²) in [6.07, 6.45) is 6.78. The smallest absolute Gasteiger partial charge is 0.244 e. The number of imidazole rings is 1. The molecule has 3 aromatic carbocycles. The number of rotatable bonds is 9. The van der Waals surface area contributed by atoms with Crippen molar-refractivity contribution in [3.05, 3.63) is 78.9 Å². The van der Waals surface area contributed by atoms with E-state index in [4.69, 9.17) is 9.47 Å². The lowest BCUT2D eigenvalue weighted by Crippen LogP contribution is -2.45. The minimum atomic E-state index is -0.171. The van der Waals surface area contributed by atoms with Crippen molar-refractivity contribution < 1.29 is 14.3 Å². The SMILES string of the molecule is CCN1CC(NC(=O)/C=C/CN(C)C)COc2cc3ncnc(Nc4ccc(Oc5ccc6c(c5)ncn6C)c(C)c4)c3cc21. The summed E-state index contributed by atoms with van der Waals surface area (Å²) in [5, 5.41) is 7.43. The first-order valence-electron chi connectivity index (χ1n) is 15.0.